The van der Waals surface area contributed by atoms with Gasteiger partial charge in [-0.3, -0.25) is 4.79 Å². The summed E-state index contributed by atoms with van der Waals surface area (Å²) in [6.45, 7) is 1.84. The van der Waals surface area contributed by atoms with Crippen molar-refractivity contribution in [2.24, 2.45) is 0 Å². The van der Waals surface area contributed by atoms with E-state index in [2.05, 4.69) is 9.97 Å². The molecular weight excluding hydrogens is 482 g/mol. The molecule has 174 valence electrons. The summed E-state index contributed by atoms with van der Waals surface area (Å²) in [5.74, 6) is -0.418. The molecule has 5 aromatic rings. The minimum absolute atomic E-state index is 0.144. The van der Waals surface area contributed by atoms with Crippen molar-refractivity contribution < 1.29 is 8.42 Å². The molecule has 0 amide bonds. The molecule has 0 fully saturated rings. The van der Waals surface area contributed by atoms with Gasteiger partial charge in [0.25, 0.3) is 0 Å². The second-order valence-electron chi connectivity index (χ2n) is 8.18. The molecule has 0 saturated carbocycles. The zero-order valence-corrected chi connectivity index (χ0v) is 20.3. The molecule has 0 atom stereocenters. The van der Waals surface area contributed by atoms with Crippen LogP contribution in [0.15, 0.2) is 94.7 Å². The van der Waals surface area contributed by atoms with E-state index in [1.54, 1.807) is 30.3 Å². The molecule has 6 nitrogen and oxygen atoms in total. The van der Waals surface area contributed by atoms with Crippen LogP contribution in [-0.2, 0) is 15.6 Å². The minimum atomic E-state index is -3.70. The maximum atomic E-state index is 13.4. The predicted octanol–water partition coefficient (Wildman–Crippen LogP) is 5.59. The van der Waals surface area contributed by atoms with Crippen LogP contribution >= 0.6 is 11.6 Å². The Morgan fingerprint density at radius 1 is 0.886 bits per heavy atom. The minimum Gasteiger partial charge on any atom is -0.346 e. The zero-order chi connectivity index (χ0) is 24.6. The van der Waals surface area contributed by atoms with Crippen molar-refractivity contribution in [3.63, 3.8) is 0 Å². The van der Waals surface area contributed by atoms with Gasteiger partial charge in [-0.1, -0.05) is 60.1 Å². The van der Waals surface area contributed by atoms with Crippen molar-refractivity contribution >= 4 is 32.5 Å². The highest BCUT2D eigenvalue weighted by Gasteiger charge is 2.20. The lowest BCUT2D eigenvalue weighted by atomic mass is 9.98. The first-order valence-electron chi connectivity index (χ1n) is 10.8. The van der Waals surface area contributed by atoms with E-state index in [0.29, 0.717) is 27.4 Å². The number of nitrogens with one attached hydrogen (secondary N) is 1. The number of nitrogens with zero attached hydrogens (tertiary/aromatic N) is 2. The van der Waals surface area contributed by atoms with Crippen molar-refractivity contribution in [3.8, 4) is 22.4 Å². The number of H-pyrrole nitrogens is 1. The Morgan fingerprint density at radius 3 is 2.26 bits per heavy atom. The van der Waals surface area contributed by atoms with E-state index in [4.69, 9.17) is 16.6 Å². The molecule has 0 bridgehead atoms. The van der Waals surface area contributed by atoms with E-state index in [9.17, 15) is 13.2 Å². The van der Waals surface area contributed by atoms with Crippen LogP contribution in [0.4, 0.5) is 0 Å². The van der Waals surface area contributed by atoms with Crippen LogP contribution < -0.4 is 5.43 Å². The fourth-order valence-corrected chi connectivity index (χ4v) is 5.65. The molecular formula is C27H20ClN3O3S. The van der Waals surface area contributed by atoms with E-state index in [1.807, 2.05) is 43.3 Å². The zero-order valence-electron chi connectivity index (χ0n) is 18.7. The average Bonchev–Trinajstić information content (AvgIpc) is 2.85. The summed E-state index contributed by atoms with van der Waals surface area (Å²) in [6, 6.07) is 23.0. The lowest BCUT2D eigenvalue weighted by molar-refractivity contribution is 0.595. The Balaban J connectivity index is 1.71. The number of hydrogen-bond donors (Lipinski definition) is 1. The quantitative estimate of drug-likeness (QED) is 0.317. The third-order valence-electron chi connectivity index (χ3n) is 5.67. The molecule has 0 aliphatic rings. The normalized spacial score (nSPS) is 11.6. The third kappa shape index (κ3) is 4.60. The second kappa shape index (κ2) is 9.09. The van der Waals surface area contributed by atoms with Gasteiger partial charge < -0.3 is 4.98 Å². The molecule has 8 heteroatoms. The van der Waals surface area contributed by atoms with Crippen LogP contribution in [0.25, 0.3) is 33.4 Å². The van der Waals surface area contributed by atoms with Crippen LogP contribution in [0, 0.1) is 6.92 Å². The number of sulfone groups is 1. The van der Waals surface area contributed by atoms with Crippen molar-refractivity contribution in [1.29, 1.82) is 0 Å². The fourth-order valence-electron chi connectivity index (χ4n) is 4.03. The molecule has 0 unspecified atom stereocenters. The summed E-state index contributed by atoms with van der Waals surface area (Å²) in [5.41, 5.74) is 3.85. The second-order valence-corrected chi connectivity index (χ2v) is 10.6. The molecule has 1 N–H and O–H groups in total. The van der Waals surface area contributed by atoms with Gasteiger partial charge in [0.05, 0.1) is 21.7 Å². The first kappa shape index (κ1) is 23.0. The van der Waals surface area contributed by atoms with Crippen molar-refractivity contribution in [2.75, 3.05) is 0 Å². The van der Waals surface area contributed by atoms with Crippen LogP contribution in [0.3, 0.4) is 0 Å². The fraction of sp³-hybridized carbons (Fsp3) is 0.0741. The summed E-state index contributed by atoms with van der Waals surface area (Å²) >= 11 is 6.24. The number of fused-ring (bicyclic) bond motifs is 1. The van der Waals surface area contributed by atoms with Crippen LogP contribution in [0.1, 0.15) is 11.3 Å². The van der Waals surface area contributed by atoms with Crippen molar-refractivity contribution in [3.05, 3.63) is 112 Å². The summed E-state index contributed by atoms with van der Waals surface area (Å²) in [4.78, 5) is 25.6. The van der Waals surface area contributed by atoms with Gasteiger partial charge >= 0.3 is 0 Å². The van der Waals surface area contributed by atoms with Crippen LogP contribution in [0.2, 0.25) is 5.15 Å². The summed E-state index contributed by atoms with van der Waals surface area (Å²) < 4.78 is 25.8. The van der Waals surface area contributed by atoms with Gasteiger partial charge in [-0.2, -0.15) is 0 Å². The van der Waals surface area contributed by atoms with E-state index < -0.39 is 15.6 Å². The molecule has 2 aromatic carbocycles. The Hall–Kier alpha value is -3.81. The molecule has 0 spiro atoms. The molecule has 0 saturated heterocycles. The molecule has 0 aliphatic carbocycles. The van der Waals surface area contributed by atoms with E-state index in [0.717, 1.165) is 16.8 Å². The largest absolute Gasteiger partial charge is 0.346 e. The van der Waals surface area contributed by atoms with E-state index in [1.165, 1.54) is 18.3 Å². The molecule has 35 heavy (non-hydrogen) atoms. The van der Waals surface area contributed by atoms with Gasteiger partial charge in [0.1, 0.15) is 10.8 Å². The van der Waals surface area contributed by atoms with Gasteiger partial charge in [0.15, 0.2) is 15.3 Å². The Kier molecular flexibility index (Phi) is 5.96. The Bertz CT molecular complexity index is 1700. The van der Waals surface area contributed by atoms with Crippen molar-refractivity contribution in [2.45, 2.75) is 17.6 Å². The van der Waals surface area contributed by atoms with Gasteiger partial charge in [0, 0.05) is 28.6 Å². The van der Waals surface area contributed by atoms with Crippen LogP contribution in [-0.4, -0.2) is 23.4 Å². The molecule has 0 aliphatic heterocycles. The van der Waals surface area contributed by atoms with Crippen molar-refractivity contribution in [1.82, 2.24) is 15.0 Å². The first-order chi connectivity index (χ1) is 16.8. The first-order valence-corrected chi connectivity index (χ1v) is 12.9. The third-order valence-corrected chi connectivity index (χ3v) is 7.55. The van der Waals surface area contributed by atoms with Gasteiger partial charge in [-0.25, -0.2) is 18.4 Å². The predicted molar refractivity (Wildman–Crippen MR) is 138 cm³/mol. The Morgan fingerprint density at radius 2 is 1.57 bits per heavy atom. The number of rotatable bonds is 5. The number of aromatic amines is 1. The van der Waals surface area contributed by atoms with E-state index in [-0.39, 0.29) is 15.9 Å². The molecule has 0 radical (unpaired) electrons. The van der Waals surface area contributed by atoms with Gasteiger partial charge in [-0.05, 0) is 42.8 Å². The standard InChI is InChI=1S/C27H20ClN3O3S/c1-17-12-19(13-24(28)30-17)22-14-23-26(32)20(16-35(33,34)21-10-6-3-7-11-21)15-29-27(23)31-25(22)18-8-4-2-5-9-18/h2-15H,16H2,1H3,(H,29,31,32). The van der Waals surface area contributed by atoms with Gasteiger partial charge in [-0.15, -0.1) is 0 Å². The molecule has 5 rings (SSSR count). The smallest absolute Gasteiger partial charge is 0.195 e. The highest BCUT2D eigenvalue weighted by Crippen LogP contribution is 2.33. The maximum Gasteiger partial charge on any atom is 0.195 e. The number of halogens is 1. The number of aryl methyl sites for hydroxylation is 1. The van der Waals surface area contributed by atoms with Crippen LogP contribution in [0.5, 0.6) is 0 Å². The van der Waals surface area contributed by atoms with E-state index >= 15 is 0 Å². The summed E-state index contributed by atoms with van der Waals surface area (Å²) in [6.07, 6.45) is 1.43. The number of benzene rings is 2. The lowest BCUT2D eigenvalue weighted by Gasteiger charge is -2.13. The Labute approximate surface area is 207 Å². The van der Waals surface area contributed by atoms with Gasteiger partial charge in [0.2, 0.25) is 0 Å². The number of pyridine rings is 3. The lowest BCUT2D eigenvalue weighted by Crippen LogP contribution is -2.16. The average molecular weight is 502 g/mol. The highest BCUT2D eigenvalue weighted by atomic mass is 35.5. The molecule has 3 heterocycles. The highest BCUT2D eigenvalue weighted by molar-refractivity contribution is 7.90. The topological polar surface area (TPSA) is 92.8 Å². The monoisotopic (exact) mass is 501 g/mol. The SMILES string of the molecule is Cc1cc(-c2cc3c(=O)c(CS(=O)(=O)c4ccccc4)c[nH]c3nc2-c2ccccc2)cc(Cl)n1. The number of aromatic nitrogens is 3. The molecule has 3 aromatic heterocycles. The maximum absolute atomic E-state index is 13.4. The number of hydrogen-bond acceptors (Lipinski definition) is 5. The summed E-state index contributed by atoms with van der Waals surface area (Å²) in [7, 11) is -3.70. The summed E-state index contributed by atoms with van der Waals surface area (Å²) in [5, 5.41) is 0.627.